The van der Waals surface area contributed by atoms with Gasteiger partial charge in [-0.25, -0.2) is 0 Å². The lowest BCUT2D eigenvalue weighted by Crippen LogP contribution is -2.43. The highest BCUT2D eigenvalue weighted by Crippen LogP contribution is 2.48. The van der Waals surface area contributed by atoms with Gasteiger partial charge >= 0.3 is 0 Å². The van der Waals surface area contributed by atoms with Gasteiger partial charge in [-0.3, -0.25) is 0 Å². The van der Waals surface area contributed by atoms with Crippen LogP contribution in [0.2, 0.25) is 0 Å². The van der Waals surface area contributed by atoms with Gasteiger partial charge in [0.15, 0.2) is 0 Å². The third-order valence-electron chi connectivity index (χ3n) is 5.31. The Morgan fingerprint density at radius 2 is 1.68 bits per heavy atom. The first-order valence-electron chi connectivity index (χ1n) is 8.13. The molecule has 0 saturated heterocycles. The Bertz CT molecular complexity index is 635. The van der Waals surface area contributed by atoms with Crippen LogP contribution in [0.5, 0.6) is 0 Å². The van der Waals surface area contributed by atoms with Crippen molar-refractivity contribution in [1.82, 2.24) is 4.90 Å². The van der Waals surface area contributed by atoms with Gasteiger partial charge in [-0.2, -0.15) is 0 Å². The molecule has 1 heterocycles. The van der Waals surface area contributed by atoms with Gasteiger partial charge in [0.25, 0.3) is 0 Å². The lowest BCUT2D eigenvalue weighted by molar-refractivity contribution is 0.250. The quantitative estimate of drug-likeness (QED) is 0.912. The molecular formula is C20H26N2. The van der Waals surface area contributed by atoms with Crippen molar-refractivity contribution >= 4 is 5.69 Å². The molecule has 0 radical (unpaired) electrons. The fourth-order valence-electron chi connectivity index (χ4n) is 3.78. The summed E-state index contributed by atoms with van der Waals surface area (Å²) in [5.41, 5.74) is 4.16. The standard InChI is InChI=1S/C20H26N2/c1-15(22(3)4)14-20(17-10-6-5-7-11-17)16(2)21-19-13-9-8-12-18(19)20/h5-13,15-16,21H,14H2,1-4H3/t15?,16-,20+/m1/s1. The molecule has 1 aliphatic rings. The molecule has 2 nitrogen and oxygen atoms in total. The minimum absolute atomic E-state index is 0.0293. The van der Waals surface area contributed by atoms with Gasteiger partial charge in [0.2, 0.25) is 0 Å². The molecule has 2 aromatic carbocycles. The summed E-state index contributed by atoms with van der Waals surface area (Å²) < 4.78 is 0. The molecule has 0 fully saturated rings. The normalized spacial score (nSPS) is 24.9. The molecule has 0 bridgehead atoms. The van der Waals surface area contributed by atoms with E-state index in [1.165, 1.54) is 16.8 Å². The maximum Gasteiger partial charge on any atom is 0.0436 e. The molecular weight excluding hydrogens is 268 g/mol. The Morgan fingerprint density at radius 3 is 2.36 bits per heavy atom. The van der Waals surface area contributed by atoms with Crippen LogP contribution >= 0.6 is 0 Å². The number of para-hydroxylation sites is 1. The Kier molecular flexibility index (Phi) is 3.96. The third kappa shape index (κ3) is 2.32. The highest BCUT2D eigenvalue weighted by molar-refractivity contribution is 5.65. The molecule has 0 aliphatic carbocycles. The van der Waals surface area contributed by atoms with E-state index in [0.29, 0.717) is 12.1 Å². The molecule has 1 N–H and O–H groups in total. The molecule has 0 spiro atoms. The van der Waals surface area contributed by atoms with Crippen LogP contribution < -0.4 is 5.32 Å². The van der Waals surface area contributed by atoms with Crippen molar-refractivity contribution in [1.29, 1.82) is 0 Å². The van der Waals surface area contributed by atoms with Crippen LogP contribution in [-0.2, 0) is 5.41 Å². The summed E-state index contributed by atoms with van der Waals surface area (Å²) in [6, 6.07) is 20.7. The fourth-order valence-corrected chi connectivity index (χ4v) is 3.78. The monoisotopic (exact) mass is 294 g/mol. The van der Waals surface area contributed by atoms with Gasteiger partial charge in [0.05, 0.1) is 0 Å². The summed E-state index contributed by atoms with van der Waals surface area (Å²) in [5, 5.41) is 3.71. The van der Waals surface area contributed by atoms with E-state index in [9.17, 15) is 0 Å². The van der Waals surface area contributed by atoms with E-state index in [4.69, 9.17) is 0 Å². The smallest absolute Gasteiger partial charge is 0.0436 e. The molecule has 1 aliphatic heterocycles. The average molecular weight is 294 g/mol. The molecule has 0 aromatic heterocycles. The van der Waals surface area contributed by atoms with E-state index in [2.05, 4.69) is 92.8 Å². The van der Waals surface area contributed by atoms with Gasteiger partial charge in [-0.15, -0.1) is 0 Å². The van der Waals surface area contributed by atoms with Crippen molar-refractivity contribution in [2.24, 2.45) is 0 Å². The summed E-state index contributed by atoms with van der Waals surface area (Å²) >= 11 is 0. The maximum atomic E-state index is 3.71. The highest BCUT2D eigenvalue weighted by Gasteiger charge is 2.46. The Labute approximate surface area is 134 Å². The minimum Gasteiger partial charge on any atom is -0.381 e. The zero-order valence-corrected chi connectivity index (χ0v) is 14.0. The summed E-state index contributed by atoms with van der Waals surface area (Å²) in [5.74, 6) is 0. The van der Waals surface area contributed by atoms with E-state index in [1.54, 1.807) is 0 Å². The topological polar surface area (TPSA) is 15.3 Å². The van der Waals surface area contributed by atoms with Crippen LogP contribution in [0.4, 0.5) is 5.69 Å². The second-order valence-corrected chi connectivity index (χ2v) is 6.77. The Hall–Kier alpha value is -1.80. The van der Waals surface area contributed by atoms with Crippen molar-refractivity contribution in [2.45, 2.75) is 37.8 Å². The number of anilines is 1. The van der Waals surface area contributed by atoms with Crippen molar-refractivity contribution in [3.63, 3.8) is 0 Å². The predicted octanol–water partition coefficient (Wildman–Crippen LogP) is 4.13. The number of nitrogens with one attached hydrogen (secondary N) is 1. The van der Waals surface area contributed by atoms with Crippen molar-refractivity contribution in [3.8, 4) is 0 Å². The molecule has 3 atom stereocenters. The summed E-state index contributed by atoms with van der Waals surface area (Å²) in [6.07, 6.45) is 1.11. The predicted molar refractivity (Wildman–Crippen MR) is 94.5 cm³/mol. The minimum atomic E-state index is 0.0293. The van der Waals surface area contributed by atoms with E-state index >= 15 is 0 Å². The van der Waals surface area contributed by atoms with Crippen LogP contribution in [-0.4, -0.2) is 31.1 Å². The number of hydrogen-bond acceptors (Lipinski definition) is 2. The SMILES string of the molecule is CC(C[C@]1(c2ccccc2)c2ccccc2N[C@@H]1C)N(C)C. The molecule has 1 unspecified atom stereocenters. The second kappa shape index (κ2) is 5.77. The highest BCUT2D eigenvalue weighted by atomic mass is 15.1. The molecule has 22 heavy (non-hydrogen) atoms. The first-order chi connectivity index (χ1) is 10.6. The first-order valence-corrected chi connectivity index (χ1v) is 8.13. The van der Waals surface area contributed by atoms with Crippen LogP contribution in [0.1, 0.15) is 31.4 Å². The van der Waals surface area contributed by atoms with Gasteiger partial charge in [0, 0.05) is 23.2 Å². The number of hydrogen-bond donors (Lipinski definition) is 1. The van der Waals surface area contributed by atoms with E-state index < -0.39 is 0 Å². The number of benzene rings is 2. The third-order valence-corrected chi connectivity index (χ3v) is 5.31. The Morgan fingerprint density at radius 1 is 1.05 bits per heavy atom. The Balaban J connectivity index is 2.16. The number of fused-ring (bicyclic) bond motifs is 1. The maximum absolute atomic E-state index is 3.71. The zero-order chi connectivity index (χ0) is 15.7. The van der Waals surface area contributed by atoms with Crippen LogP contribution in [0.25, 0.3) is 0 Å². The van der Waals surface area contributed by atoms with Gasteiger partial charge < -0.3 is 10.2 Å². The van der Waals surface area contributed by atoms with E-state index in [0.717, 1.165) is 6.42 Å². The second-order valence-electron chi connectivity index (χ2n) is 6.77. The number of nitrogens with zero attached hydrogens (tertiary/aromatic N) is 1. The lowest BCUT2D eigenvalue weighted by Gasteiger charge is -2.38. The summed E-state index contributed by atoms with van der Waals surface area (Å²) in [6.45, 7) is 4.63. The molecule has 2 heteroatoms. The molecule has 2 aromatic rings. The largest absolute Gasteiger partial charge is 0.381 e. The summed E-state index contributed by atoms with van der Waals surface area (Å²) in [4.78, 5) is 2.32. The van der Waals surface area contributed by atoms with Gasteiger partial charge in [0.1, 0.15) is 0 Å². The van der Waals surface area contributed by atoms with Crippen molar-refractivity contribution < 1.29 is 0 Å². The van der Waals surface area contributed by atoms with E-state index in [-0.39, 0.29) is 5.41 Å². The van der Waals surface area contributed by atoms with E-state index in [1.807, 2.05) is 0 Å². The van der Waals surface area contributed by atoms with Gasteiger partial charge in [-0.1, -0.05) is 48.5 Å². The lowest BCUT2D eigenvalue weighted by atomic mass is 9.68. The molecule has 0 saturated carbocycles. The van der Waals surface area contributed by atoms with Gasteiger partial charge in [-0.05, 0) is 51.6 Å². The first kappa shape index (κ1) is 15.1. The molecule has 0 amide bonds. The average Bonchev–Trinajstić information content (AvgIpc) is 2.81. The van der Waals surface area contributed by atoms with Crippen LogP contribution in [0.3, 0.4) is 0 Å². The number of rotatable bonds is 4. The zero-order valence-electron chi connectivity index (χ0n) is 14.0. The fraction of sp³-hybridized carbons (Fsp3) is 0.400. The van der Waals surface area contributed by atoms with Crippen LogP contribution in [0, 0.1) is 0 Å². The molecule has 3 rings (SSSR count). The van der Waals surface area contributed by atoms with Crippen molar-refractivity contribution in [3.05, 3.63) is 65.7 Å². The van der Waals surface area contributed by atoms with Crippen molar-refractivity contribution in [2.75, 3.05) is 19.4 Å². The van der Waals surface area contributed by atoms with Crippen LogP contribution in [0.15, 0.2) is 54.6 Å². The summed E-state index contributed by atoms with van der Waals surface area (Å²) in [7, 11) is 4.34. The molecule has 116 valence electrons.